The van der Waals surface area contributed by atoms with Gasteiger partial charge < -0.3 is 21.4 Å². The maximum Gasteiger partial charge on any atom is 0.0922 e. The van der Waals surface area contributed by atoms with Gasteiger partial charge in [0.15, 0.2) is 0 Å². The molecule has 1 aliphatic heterocycles. The second-order valence-electron chi connectivity index (χ2n) is 7.01. The maximum absolute atomic E-state index is 7.76. The molecule has 0 saturated carbocycles. The van der Waals surface area contributed by atoms with E-state index in [1.165, 1.54) is 11.9 Å². The minimum atomic E-state index is 0.383. The first-order valence-electron chi connectivity index (χ1n) is 9.52. The second-order valence-corrected chi connectivity index (χ2v) is 7.01. The Balaban J connectivity index is 1.40. The molecule has 28 heavy (non-hydrogen) atoms. The van der Waals surface area contributed by atoms with Gasteiger partial charge in [-0.15, -0.1) is 0 Å². The molecule has 142 valence electrons. The molecule has 0 amide bonds. The number of anilines is 2. The quantitative estimate of drug-likeness (QED) is 0.471. The molecule has 0 atom stereocenters. The standard InChI is InChI=1S/C22H24N6/c23-13-16(22-15-26-20-3-1-2-4-21(20)27-22)14-25-18-9-11-28(12-10-18)19-7-5-17(24)6-8-19/h1-8,13-15,18,23,25H,9-12,24H2/b16-14+,23-13?. The highest BCUT2D eigenvalue weighted by atomic mass is 15.1. The van der Waals surface area contributed by atoms with Crippen molar-refractivity contribution < 1.29 is 0 Å². The molecule has 2 heterocycles. The molecule has 1 saturated heterocycles. The van der Waals surface area contributed by atoms with Crippen LogP contribution in [0.25, 0.3) is 16.6 Å². The van der Waals surface area contributed by atoms with Crippen molar-refractivity contribution in [3.8, 4) is 0 Å². The van der Waals surface area contributed by atoms with Gasteiger partial charge in [0.05, 0.1) is 22.9 Å². The van der Waals surface area contributed by atoms with Crippen LogP contribution >= 0.6 is 0 Å². The number of nitrogens with one attached hydrogen (secondary N) is 2. The van der Waals surface area contributed by atoms with Crippen LogP contribution in [-0.4, -0.2) is 35.3 Å². The van der Waals surface area contributed by atoms with Crippen molar-refractivity contribution >= 4 is 34.2 Å². The molecule has 1 aliphatic rings. The summed E-state index contributed by atoms with van der Waals surface area (Å²) in [5.74, 6) is 0. The van der Waals surface area contributed by atoms with Crippen LogP contribution in [0.5, 0.6) is 0 Å². The zero-order chi connectivity index (χ0) is 19.3. The predicted molar refractivity (Wildman–Crippen MR) is 116 cm³/mol. The lowest BCUT2D eigenvalue weighted by molar-refractivity contribution is 0.455. The Morgan fingerprint density at radius 2 is 1.79 bits per heavy atom. The largest absolute Gasteiger partial charge is 0.399 e. The zero-order valence-electron chi connectivity index (χ0n) is 15.7. The Morgan fingerprint density at radius 3 is 2.50 bits per heavy atom. The van der Waals surface area contributed by atoms with E-state index in [1.807, 2.05) is 42.6 Å². The average molecular weight is 372 g/mol. The molecule has 4 N–H and O–H groups in total. The number of benzene rings is 2. The van der Waals surface area contributed by atoms with Gasteiger partial charge in [0.25, 0.3) is 0 Å². The van der Waals surface area contributed by atoms with E-state index >= 15 is 0 Å². The van der Waals surface area contributed by atoms with Crippen molar-refractivity contribution in [1.82, 2.24) is 15.3 Å². The van der Waals surface area contributed by atoms with Crippen LogP contribution in [0.15, 0.2) is 60.9 Å². The highest BCUT2D eigenvalue weighted by molar-refractivity contribution is 6.07. The summed E-state index contributed by atoms with van der Waals surface area (Å²) >= 11 is 0. The molecule has 0 spiro atoms. The van der Waals surface area contributed by atoms with Gasteiger partial charge in [0, 0.05) is 48.5 Å². The fourth-order valence-electron chi connectivity index (χ4n) is 3.48. The van der Waals surface area contributed by atoms with E-state index in [2.05, 4.69) is 32.3 Å². The normalized spacial score (nSPS) is 15.6. The van der Waals surface area contributed by atoms with Crippen LogP contribution in [0.2, 0.25) is 0 Å². The van der Waals surface area contributed by atoms with E-state index in [0.717, 1.165) is 48.2 Å². The number of nitrogens with zero attached hydrogens (tertiary/aromatic N) is 3. The summed E-state index contributed by atoms with van der Waals surface area (Å²) in [6.45, 7) is 1.98. The van der Waals surface area contributed by atoms with Crippen molar-refractivity contribution in [3.05, 3.63) is 66.6 Å². The first kappa shape index (κ1) is 18.0. The van der Waals surface area contributed by atoms with Crippen LogP contribution in [0, 0.1) is 5.41 Å². The summed E-state index contributed by atoms with van der Waals surface area (Å²) < 4.78 is 0. The van der Waals surface area contributed by atoms with Crippen molar-refractivity contribution in [2.24, 2.45) is 0 Å². The Bertz CT molecular complexity index is 987. The van der Waals surface area contributed by atoms with E-state index in [4.69, 9.17) is 11.1 Å². The number of para-hydroxylation sites is 2. The van der Waals surface area contributed by atoms with E-state index in [1.54, 1.807) is 6.20 Å². The lowest BCUT2D eigenvalue weighted by Crippen LogP contribution is -2.41. The number of hydrogen-bond acceptors (Lipinski definition) is 6. The number of rotatable bonds is 5. The van der Waals surface area contributed by atoms with E-state index in [9.17, 15) is 0 Å². The van der Waals surface area contributed by atoms with Crippen LogP contribution in [-0.2, 0) is 0 Å². The Kier molecular flexibility index (Phi) is 5.19. The third kappa shape index (κ3) is 3.96. The summed E-state index contributed by atoms with van der Waals surface area (Å²) in [5, 5.41) is 11.2. The van der Waals surface area contributed by atoms with Gasteiger partial charge in [0.1, 0.15) is 0 Å². The number of fused-ring (bicyclic) bond motifs is 1. The summed E-state index contributed by atoms with van der Waals surface area (Å²) in [4.78, 5) is 11.5. The lowest BCUT2D eigenvalue weighted by Gasteiger charge is -2.34. The monoisotopic (exact) mass is 372 g/mol. The molecule has 4 rings (SSSR count). The molecule has 1 aromatic heterocycles. The molecular formula is C22H24N6. The fraction of sp³-hybridized carbons (Fsp3) is 0.227. The molecule has 1 fully saturated rings. The van der Waals surface area contributed by atoms with Gasteiger partial charge in [-0.3, -0.25) is 4.98 Å². The Labute approximate surface area is 164 Å². The van der Waals surface area contributed by atoms with Gasteiger partial charge >= 0.3 is 0 Å². The van der Waals surface area contributed by atoms with Gasteiger partial charge in [-0.25, -0.2) is 4.98 Å². The highest BCUT2D eigenvalue weighted by Gasteiger charge is 2.18. The number of nitrogens with two attached hydrogens (primary N) is 1. The number of piperidine rings is 1. The summed E-state index contributed by atoms with van der Waals surface area (Å²) in [5.41, 5.74) is 10.9. The SMILES string of the molecule is N=C/C(=C\NC1CCN(c2ccc(N)cc2)CC1)c1cnc2ccccc2n1. The van der Waals surface area contributed by atoms with Gasteiger partial charge in [-0.2, -0.15) is 0 Å². The average Bonchev–Trinajstić information content (AvgIpc) is 2.75. The van der Waals surface area contributed by atoms with Crippen LogP contribution in [0.3, 0.4) is 0 Å². The first-order chi connectivity index (χ1) is 13.7. The minimum Gasteiger partial charge on any atom is -0.399 e. The molecular weight excluding hydrogens is 348 g/mol. The van der Waals surface area contributed by atoms with Gasteiger partial charge in [0.2, 0.25) is 0 Å². The topological polar surface area (TPSA) is 90.9 Å². The predicted octanol–water partition coefficient (Wildman–Crippen LogP) is 3.46. The molecule has 0 aliphatic carbocycles. The highest BCUT2D eigenvalue weighted by Crippen LogP contribution is 2.21. The molecule has 6 heteroatoms. The summed E-state index contributed by atoms with van der Waals surface area (Å²) in [6, 6.07) is 16.2. The van der Waals surface area contributed by atoms with Crippen molar-refractivity contribution in [2.45, 2.75) is 18.9 Å². The molecule has 0 unspecified atom stereocenters. The Hall–Kier alpha value is -3.41. The molecule has 0 radical (unpaired) electrons. The van der Waals surface area contributed by atoms with E-state index in [0.29, 0.717) is 11.7 Å². The first-order valence-corrected chi connectivity index (χ1v) is 9.52. The third-order valence-electron chi connectivity index (χ3n) is 5.13. The third-order valence-corrected chi connectivity index (χ3v) is 5.13. The van der Waals surface area contributed by atoms with Crippen LogP contribution < -0.4 is 16.0 Å². The molecule has 2 aromatic carbocycles. The summed E-state index contributed by atoms with van der Waals surface area (Å²) in [7, 11) is 0. The van der Waals surface area contributed by atoms with Crippen molar-refractivity contribution in [3.63, 3.8) is 0 Å². The summed E-state index contributed by atoms with van der Waals surface area (Å²) in [6.07, 6.45) is 7.03. The van der Waals surface area contributed by atoms with Crippen molar-refractivity contribution in [1.29, 1.82) is 5.41 Å². The maximum atomic E-state index is 7.76. The zero-order valence-corrected chi connectivity index (χ0v) is 15.7. The van der Waals surface area contributed by atoms with Crippen LogP contribution in [0.1, 0.15) is 18.5 Å². The number of nitrogen functional groups attached to an aromatic ring is 1. The molecule has 0 bridgehead atoms. The number of allylic oxidation sites excluding steroid dienone is 1. The fourth-order valence-corrected chi connectivity index (χ4v) is 3.48. The Morgan fingerprint density at radius 1 is 1.07 bits per heavy atom. The van der Waals surface area contributed by atoms with E-state index < -0.39 is 0 Å². The second kappa shape index (κ2) is 8.08. The number of hydrogen-bond donors (Lipinski definition) is 3. The smallest absolute Gasteiger partial charge is 0.0922 e. The van der Waals surface area contributed by atoms with Crippen molar-refractivity contribution in [2.75, 3.05) is 23.7 Å². The lowest BCUT2D eigenvalue weighted by atomic mass is 10.0. The minimum absolute atomic E-state index is 0.383. The molecule has 6 nitrogen and oxygen atoms in total. The number of aromatic nitrogens is 2. The van der Waals surface area contributed by atoms with Gasteiger partial charge in [-0.1, -0.05) is 12.1 Å². The van der Waals surface area contributed by atoms with Crippen LogP contribution in [0.4, 0.5) is 11.4 Å². The molecule has 3 aromatic rings. The van der Waals surface area contributed by atoms with Gasteiger partial charge in [-0.05, 0) is 49.2 Å². The van der Waals surface area contributed by atoms with E-state index in [-0.39, 0.29) is 0 Å².